The second-order valence-corrected chi connectivity index (χ2v) is 22.0. The molecule has 0 aliphatic heterocycles. The largest absolute Gasteiger partial charge is 0.462 e. The molecule has 0 bridgehead atoms. The monoisotopic (exact) mass is 1140 g/mol. The van der Waals surface area contributed by atoms with Gasteiger partial charge in [0.1, 0.15) is 13.2 Å². The second kappa shape index (κ2) is 69.5. The summed E-state index contributed by atoms with van der Waals surface area (Å²) in [4.78, 5) is 38.3. The van der Waals surface area contributed by atoms with E-state index in [4.69, 9.17) is 14.2 Å². The lowest BCUT2D eigenvalue weighted by Gasteiger charge is -2.18. The van der Waals surface area contributed by atoms with Crippen molar-refractivity contribution < 1.29 is 28.6 Å². The van der Waals surface area contributed by atoms with Gasteiger partial charge in [-0.2, -0.15) is 0 Å². The number of carbonyl (C=O) groups is 3. The van der Waals surface area contributed by atoms with E-state index in [-0.39, 0.29) is 31.1 Å². The van der Waals surface area contributed by atoms with Crippen LogP contribution in [0.5, 0.6) is 0 Å². The maximum Gasteiger partial charge on any atom is 0.306 e. The van der Waals surface area contributed by atoms with Crippen molar-refractivity contribution in [3.05, 3.63) is 158 Å². The number of hydrogen-bond donors (Lipinski definition) is 0. The number of allylic oxidation sites excluding steroid dienone is 26. The van der Waals surface area contributed by atoms with Crippen molar-refractivity contribution in [3.8, 4) is 0 Å². The molecule has 0 heterocycles. The van der Waals surface area contributed by atoms with Crippen LogP contribution >= 0.6 is 0 Å². The van der Waals surface area contributed by atoms with Crippen molar-refractivity contribution in [2.24, 2.45) is 0 Å². The van der Waals surface area contributed by atoms with Crippen molar-refractivity contribution >= 4 is 17.9 Å². The Morgan fingerprint density at radius 3 is 0.735 bits per heavy atom. The Morgan fingerprint density at radius 2 is 0.470 bits per heavy atom. The first-order chi connectivity index (χ1) is 41.0. The highest BCUT2D eigenvalue weighted by Gasteiger charge is 2.19. The van der Waals surface area contributed by atoms with Crippen molar-refractivity contribution in [1.82, 2.24) is 0 Å². The molecule has 0 radical (unpaired) electrons. The molecule has 6 heteroatoms. The minimum atomic E-state index is -0.797. The van der Waals surface area contributed by atoms with Crippen molar-refractivity contribution in [1.29, 1.82) is 0 Å². The van der Waals surface area contributed by atoms with Crippen LogP contribution in [0, 0.1) is 0 Å². The zero-order chi connectivity index (χ0) is 59.9. The highest BCUT2D eigenvalue weighted by atomic mass is 16.6. The van der Waals surface area contributed by atoms with Gasteiger partial charge in [-0.3, -0.25) is 14.4 Å². The highest BCUT2D eigenvalue weighted by Crippen LogP contribution is 2.15. The molecular weight excluding hydrogens is 1020 g/mol. The molecule has 0 fully saturated rings. The number of hydrogen-bond acceptors (Lipinski definition) is 6. The molecule has 1 unspecified atom stereocenters. The molecule has 0 saturated carbocycles. The van der Waals surface area contributed by atoms with Gasteiger partial charge >= 0.3 is 17.9 Å². The number of ether oxygens (including phenoxy) is 3. The summed E-state index contributed by atoms with van der Waals surface area (Å²) < 4.78 is 16.9. The number of esters is 3. The first-order valence-corrected chi connectivity index (χ1v) is 34.0. The lowest BCUT2D eigenvalue weighted by molar-refractivity contribution is -0.167. The van der Waals surface area contributed by atoms with Crippen molar-refractivity contribution in [2.45, 2.75) is 297 Å². The molecule has 83 heavy (non-hydrogen) atoms. The van der Waals surface area contributed by atoms with E-state index in [1.165, 1.54) is 83.5 Å². The fraction of sp³-hybridized carbons (Fsp3) is 0.623. The smallest absolute Gasteiger partial charge is 0.306 e. The average molecular weight is 1150 g/mol. The lowest BCUT2D eigenvalue weighted by Crippen LogP contribution is -2.30. The third-order valence-electron chi connectivity index (χ3n) is 14.0. The first-order valence-electron chi connectivity index (χ1n) is 34.0. The van der Waals surface area contributed by atoms with E-state index in [0.717, 1.165) is 167 Å². The topological polar surface area (TPSA) is 78.9 Å². The summed E-state index contributed by atoms with van der Waals surface area (Å²) in [7, 11) is 0. The Bertz CT molecular complexity index is 1840. The second-order valence-electron chi connectivity index (χ2n) is 22.0. The van der Waals surface area contributed by atoms with Crippen molar-refractivity contribution in [3.63, 3.8) is 0 Å². The third kappa shape index (κ3) is 67.7. The molecule has 6 nitrogen and oxygen atoms in total. The van der Waals surface area contributed by atoms with Gasteiger partial charge in [0.05, 0.1) is 0 Å². The Morgan fingerprint density at radius 1 is 0.253 bits per heavy atom. The van der Waals surface area contributed by atoms with Crippen LogP contribution in [0.2, 0.25) is 0 Å². The van der Waals surface area contributed by atoms with Crippen LogP contribution in [-0.2, 0) is 28.6 Å². The average Bonchev–Trinajstić information content (AvgIpc) is 3.48. The summed E-state index contributed by atoms with van der Waals surface area (Å²) in [5.41, 5.74) is 0. The molecule has 0 saturated heterocycles. The summed E-state index contributed by atoms with van der Waals surface area (Å²) in [6.07, 6.45) is 101. The molecule has 468 valence electrons. The fourth-order valence-corrected chi connectivity index (χ4v) is 9.01. The SMILES string of the molecule is CC/C=C\C/C=C\C/C=C\C/C=C\C/C=C\C/C=C\C/C=C\C/C=C\CCCCCCCCC(=O)OCC(COC(=O)CCCCCCCCCCCCC)OC(=O)CCCCCCCCC/C=C\C/C=C\C/C=C\C/C=C\C/C=C\CC. The molecule has 0 rings (SSSR count). The summed E-state index contributed by atoms with van der Waals surface area (Å²) in [6.45, 7) is 6.39. The minimum Gasteiger partial charge on any atom is -0.462 e. The van der Waals surface area contributed by atoms with E-state index in [2.05, 4.69) is 179 Å². The maximum atomic E-state index is 12.9. The standard InChI is InChI=1S/C77H124O6/c1-4-7-10-13-16-19-22-24-26-28-30-32-34-35-36-37-38-39-40-41-43-44-46-48-50-52-55-58-61-64-67-70-76(79)82-73-74(72-81-75(78)69-66-63-60-57-54-21-18-15-12-9-6-3)83-77(80)71-68-65-62-59-56-53-51-49-47-45-42-33-31-29-27-25-23-20-17-14-11-8-5-2/h7-8,10-11,16-17,19-20,24-27,30-33,35-36,38-39,41,43,45-48,74H,4-6,9,12-15,18,21-23,28-29,34,37,40,42,44,49-73H2,1-3H3/b10-7-,11-8-,19-16-,20-17-,26-24-,27-25-,32-30-,33-31-,36-35-,39-38-,43-41-,47-45-,48-46-. The van der Waals surface area contributed by atoms with Crippen LogP contribution in [0.25, 0.3) is 0 Å². The normalized spacial score (nSPS) is 13.1. The van der Waals surface area contributed by atoms with Crippen LogP contribution in [0.4, 0.5) is 0 Å². The predicted octanol–water partition coefficient (Wildman–Crippen LogP) is 23.7. The van der Waals surface area contributed by atoms with Crippen LogP contribution in [0.1, 0.15) is 290 Å². The Labute approximate surface area is 511 Å². The van der Waals surface area contributed by atoms with Crippen molar-refractivity contribution in [2.75, 3.05) is 13.2 Å². The van der Waals surface area contributed by atoms with E-state index in [9.17, 15) is 14.4 Å². The van der Waals surface area contributed by atoms with Gasteiger partial charge in [-0.25, -0.2) is 0 Å². The molecule has 0 N–H and O–H groups in total. The van der Waals surface area contributed by atoms with Gasteiger partial charge in [0.2, 0.25) is 0 Å². The molecule has 0 aromatic carbocycles. The molecule has 0 amide bonds. The Hall–Kier alpha value is -4.97. The molecule has 0 aromatic rings. The maximum absolute atomic E-state index is 12.9. The molecule has 0 aromatic heterocycles. The van der Waals surface area contributed by atoms with E-state index in [1.54, 1.807) is 0 Å². The van der Waals surface area contributed by atoms with Gasteiger partial charge in [0.25, 0.3) is 0 Å². The van der Waals surface area contributed by atoms with Gasteiger partial charge in [-0.05, 0) is 128 Å². The zero-order valence-electron chi connectivity index (χ0n) is 53.7. The predicted molar refractivity (Wildman–Crippen MR) is 362 cm³/mol. The third-order valence-corrected chi connectivity index (χ3v) is 14.0. The molecule has 0 spiro atoms. The quantitative estimate of drug-likeness (QED) is 0.0261. The summed E-state index contributed by atoms with van der Waals surface area (Å²) >= 11 is 0. The molecule has 0 aliphatic carbocycles. The van der Waals surface area contributed by atoms with Gasteiger partial charge in [0.15, 0.2) is 6.10 Å². The van der Waals surface area contributed by atoms with Gasteiger partial charge in [-0.15, -0.1) is 0 Å². The van der Waals surface area contributed by atoms with Gasteiger partial charge in [0, 0.05) is 19.3 Å². The first kappa shape index (κ1) is 78.0. The molecular formula is C77H124O6. The Balaban J connectivity index is 4.34. The van der Waals surface area contributed by atoms with Gasteiger partial charge < -0.3 is 14.2 Å². The van der Waals surface area contributed by atoms with E-state index in [0.29, 0.717) is 19.3 Å². The number of rotatable bonds is 60. The summed E-state index contributed by atoms with van der Waals surface area (Å²) in [6, 6.07) is 0. The highest BCUT2D eigenvalue weighted by molar-refractivity contribution is 5.71. The van der Waals surface area contributed by atoms with Crippen LogP contribution in [-0.4, -0.2) is 37.2 Å². The summed E-state index contributed by atoms with van der Waals surface area (Å²) in [5, 5.41) is 0. The molecule has 0 aliphatic rings. The van der Waals surface area contributed by atoms with E-state index >= 15 is 0 Å². The fourth-order valence-electron chi connectivity index (χ4n) is 9.01. The van der Waals surface area contributed by atoms with E-state index in [1.807, 2.05) is 0 Å². The molecule has 1 atom stereocenters. The Kier molecular flexibility index (Phi) is 65.4. The van der Waals surface area contributed by atoms with Crippen LogP contribution in [0.15, 0.2) is 158 Å². The minimum absolute atomic E-state index is 0.0908. The van der Waals surface area contributed by atoms with Gasteiger partial charge in [-0.1, -0.05) is 301 Å². The zero-order valence-corrected chi connectivity index (χ0v) is 53.7. The number of carbonyl (C=O) groups excluding carboxylic acids is 3. The lowest BCUT2D eigenvalue weighted by atomic mass is 10.1. The van der Waals surface area contributed by atoms with Crippen LogP contribution < -0.4 is 0 Å². The summed E-state index contributed by atoms with van der Waals surface area (Å²) in [5.74, 6) is -0.917. The van der Waals surface area contributed by atoms with E-state index < -0.39 is 6.10 Å². The number of unbranched alkanes of at least 4 members (excludes halogenated alkanes) is 23. The van der Waals surface area contributed by atoms with Crippen LogP contribution in [0.3, 0.4) is 0 Å².